The predicted octanol–water partition coefficient (Wildman–Crippen LogP) is 1.56. The van der Waals surface area contributed by atoms with Crippen molar-refractivity contribution in [3.63, 3.8) is 0 Å². The predicted molar refractivity (Wildman–Crippen MR) is 40.9 cm³/mol. The standard InChI is InChI=1S/C8H13F2NO/c1-5(2)3-7(12)11-6-4-8(6,9)10/h5-6H,3-4H2,1-2H3,(H,11,12). The van der Waals surface area contributed by atoms with Crippen molar-refractivity contribution in [1.29, 1.82) is 0 Å². The van der Waals surface area contributed by atoms with E-state index in [1.807, 2.05) is 13.8 Å². The van der Waals surface area contributed by atoms with E-state index in [0.717, 1.165) is 0 Å². The van der Waals surface area contributed by atoms with Crippen molar-refractivity contribution in [1.82, 2.24) is 5.32 Å². The molecule has 1 N–H and O–H groups in total. The fraction of sp³-hybridized carbons (Fsp3) is 0.875. The van der Waals surface area contributed by atoms with Crippen molar-refractivity contribution in [3.05, 3.63) is 0 Å². The molecular weight excluding hydrogens is 164 g/mol. The first-order valence-electron chi connectivity index (χ1n) is 4.09. The third kappa shape index (κ3) is 2.43. The zero-order chi connectivity index (χ0) is 9.35. The maximum atomic E-state index is 12.3. The molecule has 1 fully saturated rings. The Balaban J connectivity index is 2.21. The minimum Gasteiger partial charge on any atom is -0.347 e. The smallest absolute Gasteiger partial charge is 0.270 e. The van der Waals surface area contributed by atoms with Gasteiger partial charge in [-0.05, 0) is 5.92 Å². The second-order valence-corrected chi connectivity index (χ2v) is 3.68. The van der Waals surface area contributed by atoms with Gasteiger partial charge < -0.3 is 5.32 Å². The Morgan fingerprint density at radius 1 is 1.67 bits per heavy atom. The molecule has 12 heavy (non-hydrogen) atoms. The lowest BCUT2D eigenvalue weighted by atomic mass is 10.1. The zero-order valence-corrected chi connectivity index (χ0v) is 7.23. The molecule has 0 aromatic carbocycles. The first-order chi connectivity index (χ1) is 5.42. The largest absolute Gasteiger partial charge is 0.347 e. The summed E-state index contributed by atoms with van der Waals surface area (Å²) in [5, 5.41) is 2.29. The van der Waals surface area contributed by atoms with Crippen LogP contribution in [0, 0.1) is 5.92 Å². The van der Waals surface area contributed by atoms with Gasteiger partial charge in [-0.25, -0.2) is 8.78 Å². The Labute approximate surface area is 70.3 Å². The Kier molecular flexibility index (Phi) is 2.35. The van der Waals surface area contributed by atoms with Crippen LogP contribution in [-0.4, -0.2) is 17.9 Å². The molecule has 0 spiro atoms. The van der Waals surface area contributed by atoms with E-state index in [1.165, 1.54) is 0 Å². The molecule has 1 rings (SSSR count). The molecule has 1 atom stereocenters. The molecule has 4 heteroatoms. The summed E-state index contributed by atoms with van der Waals surface area (Å²) >= 11 is 0. The number of hydrogen-bond donors (Lipinski definition) is 1. The van der Waals surface area contributed by atoms with Crippen molar-refractivity contribution in [2.45, 2.75) is 38.7 Å². The van der Waals surface area contributed by atoms with Gasteiger partial charge in [-0.2, -0.15) is 0 Å². The summed E-state index contributed by atoms with van der Waals surface area (Å²) in [5.74, 6) is -2.70. The SMILES string of the molecule is CC(C)CC(=O)NC1CC1(F)F. The highest BCUT2D eigenvalue weighted by Crippen LogP contribution is 2.41. The summed E-state index contributed by atoms with van der Waals surface area (Å²) in [6, 6.07) is -0.899. The van der Waals surface area contributed by atoms with Crippen LogP contribution in [0.4, 0.5) is 8.78 Å². The first-order valence-corrected chi connectivity index (χ1v) is 4.09. The van der Waals surface area contributed by atoms with Crippen LogP contribution in [0.2, 0.25) is 0 Å². The first kappa shape index (κ1) is 9.42. The van der Waals surface area contributed by atoms with Crippen molar-refractivity contribution < 1.29 is 13.6 Å². The maximum Gasteiger partial charge on any atom is 0.270 e. The lowest BCUT2D eigenvalue weighted by Crippen LogP contribution is -2.29. The highest BCUT2D eigenvalue weighted by molar-refractivity contribution is 5.77. The van der Waals surface area contributed by atoms with Crippen LogP contribution in [0.15, 0.2) is 0 Å². The highest BCUT2D eigenvalue weighted by atomic mass is 19.3. The second kappa shape index (κ2) is 2.99. The number of alkyl halides is 2. The average molecular weight is 177 g/mol. The van der Waals surface area contributed by atoms with Crippen LogP contribution in [-0.2, 0) is 4.79 Å². The third-order valence-electron chi connectivity index (χ3n) is 1.75. The summed E-state index contributed by atoms with van der Waals surface area (Å²) in [5.41, 5.74) is 0. The lowest BCUT2D eigenvalue weighted by Gasteiger charge is -2.05. The van der Waals surface area contributed by atoms with Crippen LogP contribution in [0.3, 0.4) is 0 Å². The number of rotatable bonds is 3. The summed E-state index contributed by atoms with van der Waals surface area (Å²) in [4.78, 5) is 10.9. The summed E-state index contributed by atoms with van der Waals surface area (Å²) in [6.07, 6.45) is 0.128. The summed E-state index contributed by atoms with van der Waals surface area (Å²) in [7, 11) is 0. The number of nitrogens with one attached hydrogen (secondary N) is 1. The van der Waals surface area contributed by atoms with Crippen LogP contribution >= 0.6 is 0 Å². The topological polar surface area (TPSA) is 29.1 Å². The molecule has 0 aromatic heterocycles. The molecule has 0 radical (unpaired) electrons. The van der Waals surface area contributed by atoms with E-state index < -0.39 is 12.0 Å². The molecule has 1 amide bonds. The van der Waals surface area contributed by atoms with Gasteiger partial charge in [0.25, 0.3) is 5.92 Å². The number of carbonyl (C=O) groups excluding carboxylic acids is 1. The third-order valence-corrected chi connectivity index (χ3v) is 1.75. The van der Waals surface area contributed by atoms with Crippen LogP contribution < -0.4 is 5.32 Å². The molecule has 0 bridgehead atoms. The van der Waals surface area contributed by atoms with Gasteiger partial charge in [0.1, 0.15) is 0 Å². The van der Waals surface area contributed by atoms with E-state index in [9.17, 15) is 13.6 Å². The van der Waals surface area contributed by atoms with Crippen LogP contribution in [0.1, 0.15) is 26.7 Å². The van der Waals surface area contributed by atoms with Crippen LogP contribution in [0.5, 0.6) is 0 Å². The van der Waals surface area contributed by atoms with Gasteiger partial charge >= 0.3 is 0 Å². The minimum atomic E-state index is -2.65. The van der Waals surface area contributed by atoms with E-state index in [2.05, 4.69) is 5.32 Å². The van der Waals surface area contributed by atoms with E-state index in [1.54, 1.807) is 0 Å². The molecule has 70 valence electrons. The average Bonchev–Trinajstić information content (AvgIpc) is 2.35. The van der Waals surface area contributed by atoms with Crippen molar-refractivity contribution in [3.8, 4) is 0 Å². The Morgan fingerprint density at radius 2 is 2.17 bits per heavy atom. The van der Waals surface area contributed by atoms with Crippen molar-refractivity contribution in [2.24, 2.45) is 5.92 Å². The number of carbonyl (C=O) groups is 1. The molecule has 0 aromatic rings. The number of hydrogen-bond acceptors (Lipinski definition) is 1. The molecule has 1 saturated carbocycles. The molecule has 1 aliphatic carbocycles. The van der Waals surface area contributed by atoms with Gasteiger partial charge in [0.15, 0.2) is 0 Å². The van der Waals surface area contributed by atoms with Gasteiger partial charge in [0.05, 0.1) is 6.04 Å². The molecule has 1 aliphatic rings. The number of amides is 1. The molecule has 1 unspecified atom stereocenters. The summed E-state index contributed by atoms with van der Waals surface area (Å²) < 4.78 is 24.6. The van der Waals surface area contributed by atoms with E-state index in [4.69, 9.17) is 0 Å². The minimum absolute atomic E-state index is 0.198. The van der Waals surface area contributed by atoms with Gasteiger partial charge in [0.2, 0.25) is 5.91 Å². The Morgan fingerprint density at radius 3 is 2.50 bits per heavy atom. The zero-order valence-electron chi connectivity index (χ0n) is 7.23. The van der Waals surface area contributed by atoms with E-state index in [0.29, 0.717) is 6.42 Å². The Hall–Kier alpha value is -0.670. The van der Waals surface area contributed by atoms with Gasteiger partial charge in [-0.15, -0.1) is 0 Å². The number of halogens is 2. The van der Waals surface area contributed by atoms with Crippen LogP contribution in [0.25, 0.3) is 0 Å². The molecule has 2 nitrogen and oxygen atoms in total. The van der Waals surface area contributed by atoms with Crippen molar-refractivity contribution >= 4 is 5.91 Å². The van der Waals surface area contributed by atoms with Gasteiger partial charge in [0, 0.05) is 12.8 Å². The normalized spacial score (nSPS) is 25.6. The lowest BCUT2D eigenvalue weighted by molar-refractivity contribution is -0.122. The quantitative estimate of drug-likeness (QED) is 0.696. The maximum absolute atomic E-state index is 12.3. The molecular formula is C8H13F2NO. The van der Waals surface area contributed by atoms with E-state index in [-0.39, 0.29) is 18.2 Å². The van der Waals surface area contributed by atoms with Crippen molar-refractivity contribution in [2.75, 3.05) is 0 Å². The second-order valence-electron chi connectivity index (χ2n) is 3.68. The molecule has 0 saturated heterocycles. The van der Waals surface area contributed by atoms with E-state index >= 15 is 0 Å². The molecule has 0 heterocycles. The fourth-order valence-corrected chi connectivity index (χ4v) is 0.994. The monoisotopic (exact) mass is 177 g/mol. The highest BCUT2D eigenvalue weighted by Gasteiger charge is 2.57. The fourth-order valence-electron chi connectivity index (χ4n) is 0.994. The van der Waals surface area contributed by atoms with Gasteiger partial charge in [-0.1, -0.05) is 13.8 Å². The van der Waals surface area contributed by atoms with Gasteiger partial charge in [-0.3, -0.25) is 4.79 Å². The summed E-state index contributed by atoms with van der Waals surface area (Å²) in [6.45, 7) is 3.76. The Bertz CT molecular complexity index is 191. The molecule has 0 aliphatic heterocycles.